The summed E-state index contributed by atoms with van der Waals surface area (Å²) in [7, 11) is 0. The molecule has 1 heterocycles. The van der Waals surface area contributed by atoms with Crippen LogP contribution < -0.4 is 10.6 Å². The first-order valence-corrected chi connectivity index (χ1v) is 11.3. The average Bonchev–Trinajstić information content (AvgIpc) is 3.21. The third kappa shape index (κ3) is 5.38. The van der Waals surface area contributed by atoms with Gasteiger partial charge in [0.05, 0.1) is 6.04 Å². The highest BCUT2D eigenvalue weighted by Crippen LogP contribution is 2.21. The molecule has 4 rings (SSSR count). The van der Waals surface area contributed by atoms with Gasteiger partial charge in [0.1, 0.15) is 0 Å². The maximum Gasteiger partial charge on any atom is 0.220 e. The molecule has 4 heteroatoms. The van der Waals surface area contributed by atoms with Crippen LogP contribution in [0.1, 0.15) is 28.7 Å². The van der Waals surface area contributed by atoms with Gasteiger partial charge in [0.2, 0.25) is 5.91 Å². The molecule has 1 unspecified atom stereocenters. The van der Waals surface area contributed by atoms with E-state index in [4.69, 9.17) is 0 Å². The largest absolute Gasteiger partial charge is 0.383 e. The molecule has 4 aromatic rings. The van der Waals surface area contributed by atoms with E-state index in [0.717, 1.165) is 24.0 Å². The van der Waals surface area contributed by atoms with Crippen molar-refractivity contribution in [1.29, 1.82) is 0 Å². The van der Waals surface area contributed by atoms with Crippen LogP contribution in [0.4, 0.5) is 5.69 Å². The second-order valence-electron chi connectivity index (χ2n) is 8.46. The zero-order valence-corrected chi connectivity index (χ0v) is 18.8. The predicted molar refractivity (Wildman–Crippen MR) is 133 cm³/mol. The van der Waals surface area contributed by atoms with E-state index in [-0.39, 0.29) is 11.9 Å². The molecule has 1 atom stereocenters. The van der Waals surface area contributed by atoms with Gasteiger partial charge in [0, 0.05) is 35.8 Å². The fraction of sp³-hybridized carbons (Fsp3) is 0.250. The van der Waals surface area contributed by atoms with Gasteiger partial charge in [-0.05, 0) is 55.0 Å². The number of hydrogen-bond donors (Lipinski definition) is 3. The molecule has 0 aliphatic heterocycles. The maximum atomic E-state index is 12.8. The van der Waals surface area contributed by atoms with Crippen molar-refractivity contribution in [3.8, 4) is 0 Å². The zero-order valence-electron chi connectivity index (χ0n) is 18.8. The number of para-hydroxylation sites is 2. The summed E-state index contributed by atoms with van der Waals surface area (Å²) in [6, 6.07) is 24.8. The van der Waals surface area contributed by atoms with Crippen LogP contribution in [0.2, 0.25) is 0 Å². The Morgan fingerprint density at radius 3 is 2.41 bits per heavy atom. The predicted octanol–water partition coefficient (Wildman–Crippen LogP) is 5.56. The summed E-state index contributed by atoms with van der Waals surface area (Å²) in [6.45, 7) is 4.90. The highest BCUT2D eigenvalue weighted by atomic mass is 16.1. The quantitative estimate of drug-likeness (QED) is 0.329. The minimum absolute atomic E-state index is 0.0171. The van der Waals surface area contributed by atoms with E-state index in [0.29, 0.717) is 13.0 Å². The summed E-state index contributed by atoms with van der Waals surface area (Å²) in [6.07, 6.45) is 4.06. The van der Waals surface area contributed by atoms with Gasteiger partial charge in [-0.25, -0.2) is 0 Å². The Morgan fingerprint density at radius 1 is 0.906 bits per heavy atom. The van der Waals surface area contributed by atoms with Crippen molar-refractivity contribution in [1.82, 2.24) is 10.3 Å². The molecule has 0 saturated carbocycles. The first-order valence-electron chi connectivity index (χ1n) is 11.3. The number of aryl methyl sites for hydroxylation is 3. The Morgan fingerprint density at radius 2 is 1.62 bits per heavy atom. The standard InChI is InChI=1S/C28H31N3O/c1-20-9-8-10-21(2)28(20)30-19-24(17-23-18-29-26-14-7-6-13-25(23)26)31-27(32)16-15-22-11-4-3-5-12-22/h3-14,18,24,29-30H,15-17,19H2,1-2H3,(H,31,32). The summed E-state index contributed by atoms with van der Waals surface area (Å²) >= 11 is 0. The Balaban J connectivity index is 1.47. The van der Waals surface area contributed by atoms with Crippen molar-refractivity contribution < 1.29 is 4.79 Å². The molecule has 0 aliphatic carbocycles. The number of benzene rings is 3. The van der Waals surface area contributed by atoms with Gasteiger partial charge in [-0.2, -0.15) is 0 Å². The molecular formula is C28H31N3O. The van der Waals surface area contributed by atoms with E-state index in [1.807, 2.05) is 24.3 Å². The molecule has 3 N–H and O–H groups in total. The molecule has 1 aromatic heterocycles. The number of anilines is 1. The van der Waals surface area contributed by atoms with Crippen LogP contribution in [-0.4, -0.2) is 23.5 Å². The van der Waals surface area contributed by atoms with E-state index >= 15 is 0 Å². The first-order chi connectivity index (χ1) is 15.6. The van der Waals surface area contributed by atoms with Crippen LogP contribution in [0, 0.1) is 13.8 Å². The van der Waals surface area contributed by atoms with Gasteiger partial charge in [0.15, 0.2) is 0 Å². The van der Waals surface area contributed by atoms with E-state index in [1.165, 1.54) is 27.6 Å². The van der Waals surface area contributed by atoms with Gasteiger partial charge in [-0.15, -0.1) is 0 Å². The number of carbonyl (C=O) groups is 1. The van der Waals surface area contributed by atoms with Crippen molar-refractivity contribution in [2.45, 2.75) is 39.2 Å². The van der Waals surface area contributed by atoms with Crippen LogP contribution >= 0.6 is 0 Å². The Labute approximate surface area is 190 Å². The first kappa shape index (κ1) is 21.7. The van der Waals surface area contributed by atoms with E-state index < -0.39 is 0 Å². The lowest BCUT2D eigenvalue weighted by molar-refractivity contribution is -0.121. The van der Waals surface area contributed by atoms with Crippen LogP contribution in [-0.2, 0) is 17.6 Å². The summed E-state index contributed by atoms with van der Waals surface area (Å²) in [4.78, 5) is 16.2. The number of amides is 1. The molecule has 0 bridgehead atoms. The third-order valence-electron chi connectivity index (χ3n) is 6.00. The normalized spacial score (nSPS) is 11.9. The molecule has 4 nitrogen and oxygen atoms in total. The van der Waals surface area contributed by atoms with Crippen molar-refractivity contribution >= 4 is 22.5 Å². The number of H-pyrrole nitrogens is 1. The highest BCUT2D eigenvalue weighted by Gasteiger charge is 2.16. The molecule has 3 aromatic carbocycles. The van der Waals surface area contributed by atoms with Crippen LogP contribution in [0.15, 0.2) is 79.0 Å². The summed E-state index contributed by atoms with van der Waals surface area (Å²) in [5.74, 6) is 0.0852. The SMILES string of the molecule is Cc1cccc(C)c1NCC(Cc1c[nH]c2ccccc12)NC(=O)CCc1ccccc1. The number of aromatic amines is 1. The minimum Gasteiger partial charge on any atom is -0.383 e. The van der Waals surface area contributed by atoms with E-state index in [1.54, 1.807) is 0 Å². The van der Waals surface area contributed by atoms with Gasteiger partial charge in [0.25, 0.3) is 0 Å². The molecule has 0 fully saturated rings. The fourth-order valence-corrected chi connectivity index (χ4v) is 4.26. The Bertz CT molecular complexity index is 1160. The number of fused-ring (bicyclic) bond motifs is 1. The molecule has 0 spiro atoms. The van der Waals surface area contributed by atoms with E-state index in [2.05, 4.69) is 84.2 Å². The minimum atomic E-state index is -0.0171. The fourth-order valence-electron chi connectivity index (χ4n) is 4.26. The smallest absolute Gasteiger partial charge is 0.220 e. The van der Waals surface area contributed by atoms with Gasteiger partial charge in [-0.1, -0.05) is 66.7 Å². The monoisotopic (exact) mass is 425 g/mol. The van der Waals surface area contributed by atoms with Crippen molar-refractivity contribution in [3.63, 3.8) is 0 Å². The zero-order chi connectivity index (χ0) is 22.3. The number of rotatable bonds is 9. The van der Waals surface area contributed by atoms with Gasteiger partial charge in [-0.3, -0.25) is 4.79 Å². The summed E-state index contributed by atoms with van der Waals surface area (Å²) in [5, 5.41) is 8.09. The van der Waals surface area contributed by atoms with Crippen LogP contribution in [0.3, 0.4) is 0 Å². The molecule has 1 amide bonds. The van der Waals surface area contributed by atoms with E-state index in [9.17, 15) is 4.79 Å². The third-order valence-corrected chi connectivity index (χ3v) is 6.00. The number of aromatic nitrogens is 1. The molecule has 0 radical (unpaired) electrons. The molecule has 0 saturated heterocycles. The topological polar surface area (TPSA) is 56.9 Å². The Kier molecular flexibility index (Phi) is 6.90. The highest BCUT2D eigenvalue weighted by molar-refractivity contribution is 5.83. The average molecular weight is 426 g/mol. The maximum absolute atomic E-state index is 12.8. The van der Waals surface area contributed by atoms with Crippen molar-refractivity contribution in [2.24, 2.45) is 0 Å². The molecule has 164 valence electrons. The second-order valence-corrected chi connectivity index (χ2v) is 8.46. The van der Waals surface area contributed by atoms with Crippen molar-refractivity contribution in [3.05, 3.63) is 101 Å². The Hall–Kier alpha value is -3.53. The number of carbonyl (C=O) groups excluding carboxylic acids is 1. The van der Waals surface area contributed by atoms with Gasteiger partial charge < -0.3 is 15.6 Å². The van der Waals surface area contributed by atoms with Crippen LogP contribution in [0.5, 0.6) is 0 Å². The molecule has 32 heavy (non-hydrogen) atoms. The number of nitrogens with one attached hydrogen (secondary N) is 3. The lowest BCUT2D eigenvalue weighted by Gasteiger charge is -2.22. The second kappa shape index (κ2) is 10.2. The molecular weight excluding hydrogens is 394 g/mol. The molecule has 0 aliphatic rings. The lowest BCUT2D eigenvalue weighted by Crippen LogP contribution is -2.41. The van der Waals surface area contributed by atoms with Crippen LogP contribution in [0.25, 0.3) is 10.9 Å². The summed E-state index contributed by atoms with van der Waals surface area (Å²) < 4.78 is 0. The van der Waals surface area contributed by atoms with Crippen molar-refractivity contribution in [2.75, 3.05) is 11.9 Å². The summed E-state index contributed by atoms with van der Waals surface area (Å²) in [5.41, 5.74) is 7.11. The number of hydrogen-bond acceptors (Lipinski definition) is 2. The lowest BCUT2D eigenvalue weighted by atomic mass is 10.0. The van der Waals surface area contributed by atoms with Gasteiger partial charge >= 0.3 is 0 Å².